The molecule has 0 fully saturated rings. The predicted molar refractivity (Wildman–Crippen MR) is 71.4 cm³/mol. The van der Waals surface area contributed by atoms with E-state index in [1.165, 1.54) is 12.1 Å². The number of hydrogen-bond donors (Lipinski definition) is 2. The molecule has 1 rings (SSSR count). The Morgan fingerprint density at radius 1 is 1.23 bits per heavy atom. The molecular weight excluding hydrogens is 303 g/mol. The average Bonchev–Trinajstić information content (AvgIpc) is 2.44. The lowest BCUT2D eigenvalue weighted by Gasteiger charge is -2.10. The molecule has 0 saturated heterocycles. The predicted octanol–water partition coefficient (Wildman–Crippen LogP) is 2.46. The Morgan fingerprint density at radius 3 is 2.59 bits per heavy atom. The van der Waals surface area contributed by atoms with E-state index in [4.69, 9.17) is 9.84 Å². The second-order valence-electron chi connectivity index (χ2n) is 4.52. The van der Waals surface area contributed by atoms with E-state index in [2.05, 4.69) is 5.32 Å². The number of aliphatic carboxylic acids is 1. The zero-order chi connectivity index (χ0) is 16.6. The Labute approximate surface area is 125 Å². The number of nitrogens with one attached hydrogen (secondary N) is 1. The fraction of sp³-hybridized carbons (Fsp3) is 0.429. The fourth-order valence-corrected chi connectivity index (χ4v) is 1.59. The Bertz CT molecular complexity index is 517. The Hall–Kier alpha value is -2.25. The van der Waals surface area contributed by atoms with Crippen molar-refractivity contribution >= 4 is 11.9 Å². The van der Waals surface area contributed by atoms with Crippen LogP contribution < -0.4 is 10.1 Å². The number of benzene rings is 1. The molecule has 0 spiro atoms. The van der Waals surface area contributed by atoms with Crippen LogP contribution in [0.4, 0.5) is 13.2 Å². The van der Waals surface area contributed by atoms with Crippen LogP contribution in [0.5, 0.6) is 5.75 Å². The number of carboxylic acids is 1. The van der Waals surface area contributed by atoms with Crippen molar-refractivity contribution in [3.8, 4) is 5.75 Å². The lowest BCUT2D eigenvalue weighted by atomic mass is 10.2. The third-order valence-electron chi connectivity index (χ3n) is 2.67. The standard InChI is InChI=1S/C14H16F3NO4/c15-14(16,17)10-4-3-5-11(8-10)22-9-12(19)18-7-2-1-6-13(20)21/h3-5,8H,1-2,6-7,9H2,(H,18,19)(H,20,21). The highest BCUT2D eigenvalue weighted by molar-refractivity contribution is 5.77. The average molecular weight is 319 g/mol. The van der Waals surface area contributed by atoms with Crippen LogP contribution in [0.2, 0.25) is 0 Å². The Kier molecular flexibility index (Phi) is 6.68. The summed E-state index contributed by atoms with van der Waals surface area (Å²) >= 11 is 0. The van der Waals surface area contributed by atoms with Crippen LogP contribution in [0.25, 0.3) is 0 Å². The second kappa shape index (κ2) is 8.26. The third kappa shape index (κ3) is 6.96. The highest BCUT2D eigenvalue weighted by Crippen LogP contribution is 2.31. The van der Waals surface area contributed by atoms with Crippen molar-refractivity contribution in [2.75, 3.05) is 13.2 Å². The van der Waals surface area contributed by atoms with E-state index in [0.29, 0.717) is 12.8 Å². The molecule has 0 unspecified atom stereocenters. The number of alkyl halides is 3. The molecule has 0 atom stereocenters. The SMILES string of the molecule is O=C(O)CCCCNC(=O)COc1cccc(C(F)(F)F)c1. The molecule has 0 aromatic heterocycles. The number of carboxylic acid groups (broad SMARTS) is 1. The number of hydrogen-bond acceptors (Lipinski definition) is 3. The van der Waals surface area contributed by atoms with Gasteiger partial charge in [-0.15, -0.1) is 0 Å². The van der Waals surface area contributed by atoms with Crippen molar-refractivity contribution in [2.24, 2.45) is 0 Å². The van der Waals surface area contributed by atoms with E-state index in [9.17, 15) is 22.8 Å². The van der Waals surface area contributed by atoms with Crippen LogP contribution in [0.3, 0.4) is 0 Å². The highest BCUT2D eigenvalue weighted by atomic mass is 19.4. The quantitative estimate of drug-likeness (QED) is 0.722. The van der Waals surface area contributed by atoms with Crippen molar-refractivity contribution in [3.63, 3.8) is 0 Å². The topological polar surface area (TPSA) is 75.6 Å². The zero-order valence-electron chi connectivity index (χ0n) is 11.7. The fourth-order valence-electron chi connectivity index (χ4n) is 1.59. The van der Waals surface area contributed by atoms with Gasteiger partial charge in [-0.3, -0.25) is 9.59 Å². The molecule has 0 aliphatic heterocycles. The summed E-state index contributed by atoms with van der Waals surface area (Å²) in [6, 6.07) is 4.26. The summed E-state index contributed by atoms with van der Waals surface area (Å²) in [7, 11) is 0. The number of halogens is 3. The Morgan fingerprint density at radius 2 is 1.95 bits per heavy atom. The van der Waals surface area contributed by atoms with Crippen molar-refractivity contribution < 1.29 is 32.6 Å². The lowest BCUT2D eigenvalue weighted by molar-refractivity contribution is -0.138. The van der Waals surface area contributed by atoms with E-state index < -0.39 is 30.2 Å². The maximum atomic E-state index is 12.5. The molecule has 0 aliphatic rings. The molecule has 122 valence electrons. The van der Waals surface area contributed by atoms with Crippen LogP contribution in [0.1, 0.15) is 24.8 Å². The molecule has 0 saturated carbocycles. The van der Waals surface area contributed by atoms with Gasteiger partial charge in [-0.2, -0.15) is 13.2 Å². The minimum absolute atomic E-state index is 0.0244. The van der Waals surface area contributed by atoms with Gasteiger partial charge in [-0.25, -0.2) is 0 Å². The van der Waals surface area contributed by atoms with Gasteiger partial charge in [-0.1, -0.05) is 6.07 Å². The molecule has 2 N–H and O–H groups in total. The number of rotatable bonds is 8. The minimum Gasteiger partial charge on any atom is -0.484 e. The Balaban J connectivity index is 2.31. The molecule has 0 radical (unpaired) electrons. The normalized spacial score (nSPS) is 11.0. The molecule has 1 aromatic rings. The van der Waals surface area contributed by atoms with Gasteiger partial charge < -0.3 is 15.2 Å². The first-order valence-electron chi connectivity index (χ1n) is 6.57. The van der Waals surface area contributed by atoms with Crippen LogP contribution >= 0.6 is 0 Å². The van der Waals surface area contributed by atoms with Gasteiger partial charge in [0, 0.05) is 13.0 Å². The van der Waals surface area contributed by atoms with Crippen molar-refractivity contribution in [2.45, 2.75) is 25.4 Å². The minimum atomic E-state index is -4.47. The molecule has 0 bridgehead atoms. The summed E-state index contributed by atoms with van der Waals surface area (Å²) < 4.78 is 42.5. The first-order chi connectivity index (χ1) is 10.3. The molecule has 5 nitrogen and oxygen atoms in total. The van der Waals surface area contributed by atoms with Gasteiger partial charge in [0.1, 0.15) is 5.75 Å². The van der Waals surface area contributed by atoms with Crippen LogP contribution in [0, 0.1) is 0 Å². The van der Waals surface area contributed by atoms with Crippen molar-refractivity contribution in [3.05, 3.63) is 29.8 Å². The monoisotopic (exact) mass is 319 g/mol. The van der Waals surface area contributed by atoms with Gasteiger partial charge in [0.25, 0.3) is 5.91 Å². The molecule has 0 heterocycles. The third-order valence-corrected chi connectivity index (χ3v) is 2.67. The molecule has 1 amide bonds. The van der Waals surface area contributed by atoms with E-state index >= 15 is 0 Å². The summed E-state index contributed by atoms with van der Waals surface area (Å²) in [5.74, 6) is -1.43. The molecule has 1 aromatic carbocycles. The van der Waals surface area contributed by atoms with E-state index in [-0.39, 0.29) is 18.7 Å². The number of amides is 1. The molecule has 8 heteroatoms. The molecule has 0 aliphatic carbocycles. The van der Waals surface area contributed by atoms with Gasteiger partial charge in [-0.05, 0) is 31.0 Å². The first kappa shape index (κ1) is 17.8. The summed E-state index contributed by atoms with van der Waals surface area (Å²) in [5.41, 5.74) is -0.848. The highest BCUT2D eigenvalue weighted by Gasteiger charge is 2.30. The van der Waals surface area contributed by atoms with E-state index in [1.807, 2.05) is 0 Å². The van der Waals surface area contributed by atoms with E-state index in [0.717, 1.165) is 12.1 Å². The van der Waals surface area contributed by atoms with E-state index in [1.54, 1.807) is 0 Å². The van der Waals surface area contributed by atoms with Gasteiger partial charge in [0.05, 0.1) is 5.56 Å². The number of unbranched alkanes of at least 4 members (excludes halogenated alkanes) is 1. The van der Waals surface area contributed by atoms with Gasteiger partial charge in [0.15, 0.2) is 6.61 Å². The van der Waals surface area contributed by atoms with Crippen molar-refractivity contribution in [1.29, 1.82) is 0 Å². The summed E-state index contributed by atoms with van der Waals surface area (Å²) in [4.78, 5) is 21.7. The van der Waals surface area contributed by atoms with Gasteiger partial charge in [0.2, 0.25) is 0 Å². The van der Waals surface area contributed by atoms with Gasteiger partial charge >= 0.3 is 12.1 Å². The number of carbonyl (C=O) groups excluding carboxylic acids is 1. The second-order valence-corrected chi connectivity index (χ2v) is 4.52. The smallest absolute Gasteiger partial charge is 0.416 e. The van der Waals surface area contributed by atoms with Crippen LogP contribution in [0.15, 0.2) is 24.3 Å². The van der Waals surface area contributed by atoms with Crippen LogP contribution in [-0.2, 0) is 15.8 Å². The first-order valence-corrected chi connectivity index (χ1v) is 6.57. The molecular formula is C14H16F3NO4. The summed E-state index contributed by atoms with van der Waals surface area (Å²) in [6.45, 7) is -0.113. The molecule has 22 heavy (non-hydrogen) atoms. The zero-order valence-corrected chi connectivity index (χ0v) is 11.7. The number of carbonyl (C=O) groups is 2. The summed E-state index contributed by atoms with van der Waals surface area (Å²) in [5, 5.41) is 10.9. The maximum Gasteiger partial charge on any atom is 0.416 e. The summed E-state index contributed by atoms with van der Waals surface area (Å²) in [6.07, 6.45) is -3.51. The van der Waals surface area contributed by atoms with Crippen molar-refractivity contribution in [1.82, 2.24) is 5.32 Å². The van der Waals surface area contributed by atoms with Crippen LogP contribution in [-0.4, -0.2) is 30.1 Å². The maximum absolute atomic E-state index is 12.5. The lowest BCUT2D eigenvalue weighted by Crippen LogP contribution is -2.29. The number of ether oxygens (including phenoxy) is 1. The largest absolute Gasteiger partial charge is 0.484 e.